The van der Waals surface area contributed by atoms with Crippen LogP contribution in [0.25, 0.3) is 11.1 Å². The van der Waals surface area contributed by atoms with Crippen LogP contribution in [0.3, 0.4) is 0 Å². The first-order chi connectivity index (χ1) is 18.2. The Hall–Kier alpha value is -3.18. The largest absolute Gasteiger partial charge is 0.448 e. The van der Waals surface area contributed by atoms with Crippen LogP contribution in [0.1, 0.15) is 17.0 Å². The zero-order valence-electron chi connectivity index (χ0n) is 21.2. The summed E-state index contributed by atoms with van der Waals surface area (Å²) in [5.74, 6) is -0.0462. The van der Waals surface area contributed by atoms with E-state index in [1.807, 2.05) is 24.3 Å². The highest BCUT2D eigenvalue weighted by atomic mass is 16.6. The van der Waals surface area contributed by atoms with Crippen LogP contribution in [0.4, 0.5) is 9.59 Å². The Morgan fingerprint density at radius 3 is 1.92 bits per heavy atom. The topological polar surface area (TPSA) is 116 Å². The molecule has 0 saturated heterocycles. The number of aliphatic hydroxyl groups is 1. The molecule has 0 heterocycles. The van der Waals surface area contributed by atoms with Crippen LogP contribution in [0.5, 0.6) is 0 Å². The van der Waals surface area contributed by atoms with Crippen LogP contribution >= 0.6 is 0 Å². The van der Waals surface area contributed by atoms with Gasteiger partial charge in [0.25, 0.3) is 0 Å². The zero-order chi connectivity index (χ0) is 26.3. The molecule has 2 amide bonds. The van der Waals surface area contributed by atoms with Gasteiger partial charge in [-0.3, -0.25) is 0 Å². The number of carbonyl (C=O) groups is 2. The summed E-state index contributed by atoms with van der Waals surface area (Å²) in [7, 11) is 1.47. The number of hydrogen-bond acceptors (Lipinski definition) is 8. The van der Waals surface area contributed by atoms with Gasteiger partial charge < -0.3 is 39.0 Å². The normalized spacial score (nSPS) is 12.1. The molecule has 10 nitrogen and oxygen atoms in total. The van der Waals surface area contributed by atoms with Crippen LogP contribution < -0.4 is 5.32 Å². The molecule has 0 bridgehead atoms. The molecule has 0 atom stereocenters. The number of amides is 2. The second-order valence-corrected chi connectivity index (χ2v) is 8.24. The Morgan fingerprint density at radius 2 is 1.32 bits per heavy atom. The van der Waals surface area contributed by atoms with Gasteiger partial charge in [-0.15, -0.1) is 0 Å². The van der Waals surface area contributed by atoms with Crippen molar-refractivity contribution in [1.82, 2.24) is 10.2 Å². The van der Waals surface area contributed by atoms with Gasteiger partial charge in [0.15, 0.2) is 0 Å². The van der Waals surface area contributed by atoms with E-state index in [1.54, 1.807) is 0 Å². The van der Waals surface area contributed by atoms with Crippen molar-refractivity contribution >= 4 is 12.2 Å². The summed E-state index contributed by atoms with van der Waals surface area (Å²) in [6, 6.07) is 16.3. The average Bonchev–Trinajstić information content (AvgIpc) is 3.25. The van der Waals surface area contributed by atoms with Gasteiger partial charge in [0.05, 0.1) is 52.8 Å². The highest BCUT2D eigenvalue weighted by Crippen LogP contribution is 2.44. The fourth-order valence-electron chi connectivity index (χ4n) is 4.08. The molecular formula is C27H36N2O8. The van der Waals surface area contributed by atoms with Crippen LogP contribution in [0.2, 0.25) is 0 Å². The fourth-order valence-corrected chi connectivity index (χ4v) is 4.08. The van der Waals surface area contributed by atoms with Gasteiger partial charge in [-0.25, -0.2) is 9.59 Å². The van der Waals surface area contributed by atoms with E-state index < -0.39 is 12.2 Å². The first-order valence-corrected chi connectivity index (χ1v) is 12.4. The molecule has 0 fully saturated rings. The van der Waals surface area contributed by atoms with E-state index in [0.29, 0.717) is 26.4 Å². The lowest BCUT2D eigenvalue weighted by molar-refractivity contribution is 0.00353. The molecule has 0 aliphatic heterocycles. The molecule has 1 aliphatic carbocycles. The number of ether oxygens (including phenoxy) is 5. The summed E-state index contributed by atoms with van der Waals surface area (Å²) in [5.41, 5.74) is 4.59. The first-order valence-electron chi connectivity index (χ1n) is 12.4. The standard InChI is InChI=1S/C27H36N2O8/c1-28-26(31)36-14-11-29(10-13-33-16-18-35-19-17-34-15-12-30)27(32)37-20-25-23-8-4-2-6-21(23)22-7-3-5-9-24(22)25/h2-9,25,30H,10-20H2,1H3,(H,28,31). The van der Waals surface area contributed by atoms with E-state index in [9.17, 15) is 9.59 Å². The molecule has 202 valence electrons. The maximum absolute atomic E-state index is 13.0. The minimum Gasteiger partial charge on any atom is -0.448 e. The number of rotatable bonds is 16. The number of nitrogens with one attached hydrogen (secondary N) is 1. The van der Waals surface area contributed by atoms with E-state index in [-0.39, 0.29) is 52.0 Å². The number of nitrogens with zero attached hydrogens (tertiary/aromatic N) is 1. The third-order valence-electron chi connectivity index (χ3n) is 5.88. The predicted octanol–water partition coefficient (Wildman–Crippen LogP) is 2.64. The SMILES string of the molecule is CNC(=O)OCCN(CCOCCOCCOCCO)C(=O)OCC1c2ccccc2-c2ccccc21. The minimum absolute atomic E-state index is 0.0164. The highest BCUT2D eigenvalue weighted by Gasteiger charge is 2.29. The summed E-state index contributed by atoms with van der Waals surface area (Å²) < 4.78 is 26.9. The van der Waals surface area contributed by atoms with Gasteiger partial charge in [-0.05, 0) is 22.3 Å². The van der Waals surface area contributed by atoms with Gasteiger partial charge >= 0.3 is 12.2 Å². The third-order valence-corrected chi connectivity index (χ3v) is 5.88. The lowest BCUT2D eigenvalue weighted by Gasteiger charge is -2.23. The molecule has 2 aromatic carbocycles. The van der Waals surface area contributed by atoms with Gasteiger partial charge in [-0.1, -0.05) is 48.5 Å². The molecule has 37 heavy (non-hydrogen) atoms. The van der Waals surface area contributed by atoms with Crippen molar-refractivity contribution in [3.05, 3.63) is 59.7 Å². The summed E-state index contributed by atoms with van der Waals surface area (Å²) in [6.45, 7) is 2.77. The number of alkyl carbamates (subject to hydrolysis) is 1. The Balaban J connectivity index is 1.48. The molecule has 0 radical (unpaired) electrons. The maximum Gasteiger partial charge on any atom is 0.409 e. The molecule has 0 spiro atoms. The summed E-state index contributed by atoms with van der Waals surface area (Å²) in [5, 5.41) is 11.0. The van der Waals surface area contributed by atoms with Gasteiger partial charge in [0.1, 0.15) is 13.2 Å². The lowest BCUT2D eigenvalue weighted by atomic mass is 9.98. The van der Waals surface area contributed by atoms with Crippen molar-refractivity contribution in [2.75, 3.05) is 79.6 Å². The van der Waals surface area contributed by atoms with Crippen molar-refractivity contribution < 1.29 is 38.4 Å². The van der Waals surface area contributed by atoms with Gasteiger partial charge in [0.2, 0.25) is 0 Å². The van der Waals surface area contributed by atoms with Crippen LogP contribution in [0, 0.1) is 0 Å². The lowest BCUT2D eigenvalue weighted by Crippen LogP contribution is -2.38. The Bertz CT molecular complexity index is 941. The number of hydrogen-bond donors (Lipinski definition) is 2. The molecule has 0 aromatic heterocycles. The summed E-state index contributed by atoms with van der Waals surface area (Å²) >= 11 is 0. The van der Waals surface area contributed by atoms with Crippen molar-refractivity contribution in [2.24, 2.45) is 0 Å². The van der Waals surface area contributed by atoms with Crippen molar-refractivity contribution in [3.8, 4) is 11.1 Å². The smallest absolute Gasteiger partial charge is 0.409 e. The first kappa shape index (κ1) is 28.4. The zero-order valence-corrected chi connectivity index (χ0v) is 21.2. The number of aliphatic hydroxyl groups excluding tert-OH is 1. The van der Waals surface area contributed by atoms with E-state index >= 15 is 0 Å². The van der Waals surface area contributed by atoms with E-state index in [1.165, 1.54) is 11.9 Å². The van der Waals surface area contributed by atoms with Crippen LogP contribution in [-0.4, -0.2) is 102 Å². The van der Waals surface area contributed by atoms with E-state index in [4.69, 9.17) is 28.8 Å². The van der Waals surface area contributed by atoms with Crippen molar-refractivity contribution in [2.45, 2.75) is 5.92 Å². The number of fused-ring (bicyclic) bond motifs is 3. The molecule has 0 saturated carbocycles. The molecule has 10 heteroatoms. The Labute approximate surface area is 217 Å². The van der Waals surface area contributed by atoms with Crippen LogP contribution in [0.15, 0.2) is 48.5 Å². The monoisotopic (exact) mass is 516 g/mol. The summed E-state index contributed by atoms with van der Waals surface area (Å²) in [6.07, 6.45) is -1.06. The van der Waals surface area contributed by atoms with Crippen LogP contribution in [-0.2, 0) is 23.7 Å². The number of benzene rings is 2. The molecule has 1 aliphatic rings. The second kappa shape index (κ2) is 15.8. The minimum atomic E-state index is -0.566. The van der Waals surface area contributed by atoms with E-state index in [2.05, 4.69) is 29.6 Å². The Kier molecular flexibility index (Phi) is 12.1. The summed E-state index contributed by atoms with van der Waals surface area (Å²) in [4.78, 5) is 25.9. The molecule has 2 N–H and O–H groups in total. The number of carbonyl (C=O) groups excluding carboxylic acids is 2. The van der Waals surface area contributed by atoms with Crippen molar-refractivity contribution in [1.29, 1.82) is 0 Å². The molecular weight excluding hydrogens is 480 g/mol. The highest BCUT2D eigenvalue weighted by molar-refractivity contribution is 5.79. The molecule has 0 unspecified atom stereocenters. The van der Waals surface area contributed by atoms with E-state index in [0.717, 1.165) is 22.3 Å². The predicted molar refractivity (Wildman–Crippen MR) is 137 cm³/mol. The third kappa shape index (κ3) is 8.71. The second-order valence-electron chi connectivity index (χ2n) is 8.24. The maximum atomic E-state index is 13.0. The van der Waals surface area contributed by atoms with Gasteiger partial charge in [0, 0.05) is 19.5 Å². The fraction of sp³-hybridized carbons (Fsp3) is 0.481. The average molecular weight is 517 g/mol. The van der Waals surface area contributed by atoms with Crippen molar-refractivity contribution in [3.63, 3.8) is 0 Å². The quantitative estimate of drug-likeness (QED) is 0.327. The molecule has 2 aromatic rings. The Morgan fingerprint density at radius 1 is 0.784 bits per heavy atom. The van der Waals surface area contributed by atoms with Gasteiger partial charge in [-0.2, -0.15) is 0 Å². The molecule has 3 rings (SSSR count).